The van der Waals surface area contributed by atoms with Crippen LogP contribution in [0.4, 0.5) is 5.69 Å². The number of ether oxygens (including phenoxy) is 2. The van der Waals surface area contributed by atoms with Crippen LogP contribution in [0.1, 0.15) is 35.2 Å². The van der Waals surface area contributed by atoms with Crippen molar-refractivity contribution in [1.29, 1.82) is 0 Å². The van der Waals surface area contributed by atoms with Gasteiger partial charge in [-0.2, -0.15) is 0 Å². The normalized spacial score (nSPS) is 29.7. The van der Waals surface area contributed by atoms with Crippen LogP contribution in [0.5, 0.6) is 5.75 Å². The lowest BCUT2D eigenvalue weighted by Crippen LogP contribution is -2.40. The van der Waals surface area contributed by atoms with E-state index in [2.05, 4.69) is 10.2 Å². The fourth-order valence-corrected chi connectivity index (χ4v) is 5.57. The van der Waals surface area contributed by atoms with Crippen LogP contribution in [-0.2, 0) is 11.2 Å². The maximum atomic E-state index is 12.8. The van der Waals surface area contributed by atoms with Gasteiger partial charge in [-0.05, 0) is 49.5 Å². The minimum absolute atomic E-state index is 0.105. The molecular weight excluding hydrogens is 378 g/mol. The summed E-state index contributed by atoms with van der Waals surface area (Å²) in [6, 6.07) is 2.34. The molecule has 1 aromatic rings. The van der Waals surface area contributed by atoms with E-state index in [9.17, 15) is 4.79 Å². The van der Waals surface area contributed by atoms with Crippen molar-refractivity contribution in [2.45, 2.75) is 31.7 Å². The number of nitrogens with two attached hydrogens (primary N) is 1. The third kappa shape index (κ3) is 3.25. The smallest absolute Gasteiger partial charge is 0.255 e. The summed E-state index contributed by atoms with van der Waals surface area (Å²) in [6.45, 7) is 5.47. The zero-order valence-corrected chi connectivity index (χ0v) is 16.8. The number of nitrogen functional groups attached to an aromatic ring is 1. The van der Waals surface area contributed by atoms with Crippen LogP contribution in [0.25, 0.3) is 0 Å². The quantitative estimate of drug-likeness (QED) is 0.752. The minimum atomic E-state index is -0.105. The van der Waals surface area contributed by atoms with Gasteiger partial charge in [-0.1, -0.05) is 11.6 Å². The predicted octanol–water partition coefficient (Wildman–Crippen LogP) is 2.33. The van der Waals surface area contributed by atoms with E-state index in [1.54, 1.807) is 6.07 Å². The van der Waals surface area contributed by atoms with E-state index < -0.39 is 0 Å². The van der Waals surface area contributed by atoms with Gasteiger partial charge in [0.1, 0.15) is 5.75 Å². The lowest BCUT2D eigenvalue weighted by atomic mass is 9.99. The van der Waals surface area contributed by atoms with Crippen LogP contribution in [0.3, 0.4) is 0 Å². The zero-order chi connectivity index (χ0) is 19.3. The molecule has 4 aliphatic rings. The van der Waals surface area contributed by atoms with E-state index in [1.807, 2.05) is 0 Å². The Kier molecular flexibility index (Phi) is 4.89. The topological polar surface area (TPSA) is 76.8 Å². The van der Waals surface area contributed by atoms with Crippen molar-refractivity contribution in [2.24, 2.45) is 17.8 Å². The summed E-state index contributed by atoms with van der Waals surface area (Å²) >= 11 is 6.26. The number of carbonyl (C=O) groups excluding carboxylic acids is 1. The van der Waals surface area contributed by atoms with E-state index in [4.69, 9.17) is 26.8 Å². The van der Waals surface area contributed by atoms with E-state index in [-0.39, 0.29) is 5.91 Å². The van der Waals surface area contributed by atoms with E-state index in [1.165, 1.54) is 13.1 Å². The molecule has 3 N–H and O–H groups in total. The molecule has 0 bridgehead atoms. The summed E-state index contributed by atoms with van der Waals surface area (Å²) in [5.74, 6) is 2.56. The summed E-state index contributed by atoms with van der Waals surface area (Å²) in [6.07, 6.45) is 4.01. The Balaban J connectivity index is 1.18. The summed E-state index contributed by atoms with van der Waals surface area (Å²) in [4.78, 5) is 15.5. The number of anilines is 1. The lowest BCUT2D eigenvalue weighted by Gasteiger charge is -2.32. The van der Waals surface area contributed by atoms with Crippen LogP contribution in [0.15, 0.2) is 6.07 Å². The van der Waals surface area contributed by atoms with Crippen molar-refractivity contribution in [3.05, 3.63) is 22.2 Å². The first kappa shape index (κ1) is 18.5. The van der Waals surface area contributed by atoms with Crippen molar-refractivity contribution in [3.63, 3.8) is 0 Å². The van der Waals surface area contributed by atoms with E-state index >= 15 is 0 Å². The Morgan fingerprint density at radius 1 is 1.25 bits per heavy atom. The number of likely N-dealkylation sites (tertiary alicyclic amines) is 1. The van der Waals surface area contributed by atoms with Crippen molar-refractivity contribution < 1.29 is 14.3 Å². The third-order valence-electron chi connectivity index (χ3n) is 7.04. The van der Waals surface area contributed by atoms with Gasteiger partial charge >= 0.3 is 0 Å². The maximum Gasteiger partial charge on any atom is 0.255 e. The molecule has 2 atom stereocenters. The molecule has 3 heterocycles. The van der Waals surface area contributed by atoms with Crippen molar-refractivity contribution in [3.8, 4) is 5.75 Å². The molecule has 1 saturated carbocycles. The molecule has 5 rings (SSSR count). The number of rotatable bonds is 4. The molecule has 0 spiro atoms. The predicted molar refractivity (Wildman–Crippen MR) is 108 cm³/mol. The van der Waals surface area contributed by atoms with Gasteiger partial charge in [-0.25, -0.2) is 0 Å². The number of nitrogens with zero attached hydrogens (tertiary/aromatic N) is 1. The van der Waals surface area contributed by atoms with Crippen LogP contribution in [0, 0.1) is 17.8 Å². The molecule has 2 unspecified atom stereocenters. The van der Waals surface area contributed by atoms with Crippen molar-refractivity contribution >= 4 is 23.2 Å². The first-order chi connectivity index (χ1) is 13.6. The van der Waals surface area contributed by atoms with Gasteiger partial charge in [0.15, 0.2) is 0 Å². The highest BCUT2D eigenvalue weighted by molar-refractivity contribution is 6.33. The molecule has 1 aliphatic carbocycles. The van der Waals surface area contributed by atoms with Gasteiger partial charge in [-0.3, -0.25) is 9.69 Å². The highest BCUT2D eigenvalue weighted by Gasteiger charge is 2.56. The molecule has 3 aliphatic heterocycles. The maximum absolute atomic E-state index is 12.8. The number of halogens is 1. The standard InChI is InChI=1S/C21H28ClN3O3/c22-18-8-14(20-13(19(18)23)2-1-5-28-20)21(26)24-9-15-16-10-25(11-17(15)16)12-3-6-27-7-4-12/h8,12,15-17H,1-7,9-11,23H2,(H,24,26). The van der Waals surface area contributed by atoms with Crippen LogP contribution in [-0.4, -0.2) is 56.3 Å². The third-order valence-corrected chi connectivity index (χ3v) is 7.35. The highest BCUT2D eigenvalue weighted by atomic mass is 35.5. The average Bonchev–Trinajstić information content (AvgIpc) is 3.18. The van der Waals surface area contributed by atoms with Crippen LogP contribution in [0.2, 0.25) is 5.02 Å². The summed E-state index contributed by atoms with van der Waals surface area (Å²) in [5.41, 5.74) is 8.02. The average molecular weight is 406 g/mol. The molecule has 3 fully saturated rings. The number of fused-ring (bicyclic) bond motifs is 2. The molecule has 0 radical (unpaired) electrons. The SMILES string of the molecule is Nc1c(Cl)cc(C(=O)NCC2C3CN(C4CCOCC4)CC23)c2c1CCCO2. The van der Waals surface area contributed by atoms with Gasteiger partial charge in [0.25, 0.3) is 5.91 Å². The van der Waals surface area contributed by atoms with Gasteiger partial charge in [0.05, 0.1) is 22.9 Å². The van der Waals surface area contributed by atoms with Gasteiger partial charge in [-0.15, -0.1) is 0 Å². The second-order valence-corrected chi connectivity index (χ2v) is 8.99. The Morgan fingerprint density at radius 3 is 2.75 bits per heavy atom. The minimum Gasteiger partial charge on any atom is -0.492 e. The first-order valence-electron chi connectivity index (χ1n) is 10.5. The van der Waals surface area contributed by atoms with Crippen molar-refractivity contribution in [2.75, 3.05) is 45.2 Å². The molecule has 1 aromatic carbocycles. The first-order valence-corrected chi connectivity index (χ1v) is 10.8. The Hall–Kier alpha value is -1.50. The number of amides is 1. The number of nitrogens with one attached hydrogen (secondary N) is 1. The van der Waals surface area contributed by atoms with Gasteiger partial charge in [0, 0.05) is 44.5 Å². The summed E-state index contributed by atoms with van der Waals surface area (Å²) < 4.78 is 11.3. The molecule has 28 heavy (non-hydrogen) atoms. The molecular formula is C21H28ClN3O3. The van der Waals surface area contributed by atoms with Gasteiger partial charge < -0.3 is 20.5 Å². The second-order valence-electron chi connectivity index (χ2n) is 8.58. The number of hydrogen-bond acceptors (Lipinski definition) is 5. The Morgan fingerprint density at radius 2 is 2.00 bits per heavy atom. The molecule has 152 valence electrons. The highest BCUT2D eigenvalue weighted by Crippen LogP contribution is 2.52. The molecule has 7 heteroatoms. The monoisotopic (exact) mass is 405 g/mol. The number of hydrogen-bond donors (Lipinski definition) is 2. The van der Waals surface area contributed by atoms with Crippen LogP contribution < -0.4 is 15.8 Å². The molecule has 0 aromatic heterocycles. The number of carbonyl (C=O) groups is 1. The fourth-order valence-electron chi connectivity index (χ4n) is 5.34. The molecule has 6 nitrogen and oxygen atoms in total. The number of piperidine rings is 1. The van der Waals surface area contributed by atoms with E-state index in [0.29, 0.717) is 40.6 Å². The zero-order valence-electron chi connectivity index (χ0n) is 16.1. The second kappa shape index (κ2) is 7.39. The van der Waals surface area contributed by atoms with Crippen LogP contribution >= 0.6 is 11.6 Å². The van der Waals surface area contributed by atoms with Gasteiger partial charge in [0.2, 0.25) is 0 Å². The largest absolute Gasteiger partial charge is 0.492 e. The van der Waals surface area contributed by atoms with E-state index in [0.717, 1.165) is 62.8 Å². The Labute approximate surface area is 170 Å². The van der Waals surface area contributed by atoms with Crippen molar-refractivity contribution in [1.82, 2.24) is 10.2 Å². The molecule has 2 saturated heterocycles. The Bertz CT molecular complexity index is 769. The number of benzene rings is 1. The summed E-state index contributed by atoms with van der Waals surface area (Å²) in [7, 11) is 0. The molecule has 1 amide bonds. The lowest BCUT2D eigenvalue weighted by molar-refractivity contribution is 0.0368. The summed E-state index contributed by atoms with van der Waals surface area (Å²) in [5, 5.41) is 3.56. The fraction of sp³-hybridized carbons (Fsp3) is 0.667.